The van der Waals surface area contributed by atoms with Gasteiger partial charge in [0, 0.05) is 15.2 Å². The van der Waals surface area contributed by atoms with Crippen molar-refractivity contribution in [3.8, 4) is 5.75 Å². The van der Waals surface area contributed by atoms with Crippen molar-refractivity contribution in [2.24, 2.45) is 0 Å². The lowest BCUT2D eigenvalue weighted by Crippen LogP contribution is -2.19. The smallest absolute Gasteiger partial charge is 0.323 e. The highest BCUT2D eigenvalue weighted by molar-refractivity contribution is 9.10. The van der Waals surface area contributed by atoms with Crippen molar-refractivity contribution >= 4 is 44.9 Å². The fourth-order valence-corrected chi connectivity index (χ4v) is 2.05. The van der Waals surface area contributed by atoms with Crippen LogP contribution in [0.25, 0.3) is 0 Å². The van der Waals surface area contributed by atoms with Gasteiger partial charge in [-0.05, 0) is 42.5 Å². The van der Waals surface area contributed by atoms with Gasteiger partial charge in [-0.1, -0.05) is 27.5 Å². The van der Waals surface area contributed by atoms with Gasteiger partial charge < -0.3 is 15.4 Å². The van der Waals surface area contributed by atoms with Crippen LogP contribution in [0.5, 0.6) is 5.75 Å². The summed E-state index contributed by atoms with van der Waals surface area (Å²) in [7, 11) is 1.55. The number of anilines is 2. The van der Waals surface area contributed by atoms with E-state index in [1.165, 1.54) is 0 Å². The number of hydrogen-bond acceptors (Lipinski definition) is 2. The molecule has 2 amide bonds. The van der Waals surface area contributed by atoms with Crippen LogP contribution in [0.3, 0.4) is 0 Å². The van der Waals surface area contributed by atoms with Gasteiger partial charge in [0.25, 0.3) is 0 Å². The van der Waals surface area contributed by atoms with E-state index in [4.69, 9.17) is 16.3 Å². The maximum atomic E-state index is 11.9. The second-order valence-corrected chi connectivity index (χ2v) is 5.28. The summed E-state index contributed by atoms with van der Waals surface area (Å²) in [6.07, 6.45) is 0. The molecule has 0 spiro atoms. The molecule has 4 nitrogen and oxygen atoms in total. The summed E-state index contributed by atoms with van der Waals surface area (Å²) in [5.41, 5.74) is 1.24. The fraction of sp³-hybridized carbons (Fsp3) is 0.0714. The SMILES string of the molecule is COc1cc(Br)ccc1NC(=O)Nc1ccc(Cl)cc1. The van der Waals surface area contributed by atoms with Gasteiger partial charge >= 0.3 is 6.03 Å². The monoisotopic (exact) mass is 354 g/mol. The topological polar surface area (TPSA) is 50.4 Å². The first-order chi connectivity index (χ1) is 9.58. The molecule has 2 rings (SSSR count). The Kier molecular flexibility index (Phi) is 4.87. The number of urea groups is 1. The number of carbonyl (C=O) groups excluding carboxylic acids is 1. The number of rotatable bonds is 3. The zero-order chi connectivity index (χ0) is 14.5. The molecule has 6 heteroatoms. The molecule has 0 aromatic heterocycles. The van der Waals surface area contributed by atoms with E-state index >= 15 is 0 Å². The molecular weight excluding hydrogens is 344 g/mol. The Balaban J connectivity index is 2.06. The van der Waals surface area contributed by atoms with Gasteiger partial charge in [-0.25, -0.2) is 4.79 Å². The molecule has 104 valence electrons. The molecule has 0 bridgehead atoms. The number of nitrogens with one attached hydrogen (secondary N) is 2. The Bertz CT molecular complexity index is 617. The highest BCUT2D eigenvalue weighted by Gasteiger charge is 2.08. The lowest BCUT2D eigenvalue weighted by molar-refractivity contribution is 0.262. The van der Waals surface area contributed by atoms with Gasteiger partial charge in [0.15, 0.2) is 0 Å². The summed E-state index contributed by atoms with van der Waals surface area (Å²) in [6.45, 7) is 0. The predicted molar refractivity (Wildman–Crippen MR) is 84.8 cm³/mol. The molecule has 2 aromatic rings. The molecule has 0 aliphatic heterocycles. The number of halogens is 2. The molecule has 0 aliphatic rings. The van der Waals surface area contributed by atoms with Gasteiger partial charge in [0.1, 0.15) is 5.75 Å². The summed E-state index contributed by atoms with van der Waals surface area (Å²) in [6, 6.07) is 11.9. The first kappa shape index (κ1) is 14.7. The van der Waals surface area contributed by atoms with Gasteiger partial charge in [0.05, 0.1) is 12.8 Å². The van der Waals surface area contributed by atoms with Gasteiger partial charge in [0.2, 0.25) is 0 Å². The summed E-state index contributed by atoms with van der Waals surface area (Å²) in [5, 5.41) is 6.05. The van der Waals surface area contributed by atoms with Crippen molar-refractivity contribution in [3.63, 3.8) is 0 Å². The van der Waals surface area contributed by atoms with E-state index < -0.39 is 0 Å². The molecule has 0 unspecified atom stereocenters. The summed E-state index contributed by atoms with van der Waals surface area (Å²) < 4.78 is 6.08. The Morgan fingerprint density at radius 1 is 1.15 bits per heavy atom. The minimum Gasteiger partial charge on any atom is -0.495 e. The third-order valence-electron chi connectivity index (χ3n) is 2.51. The average molecular weight is 356 g/mol. The van der Waals surface area contributed by atoms with Crippen LogP contribution in [-0.2, 0) is 0 Å². The normalized spacial score (nSPS) is 9.95. The molecule has 0 saturated carbocycles. The molecular formula is C14H12BrClN2O2. The molecule has 20 heavy (non-hydrogen) atoms. The van der Waals surface area contributed by atoms with E-state index in [1.54, 1.807) is 43.5 Å². The number of carbonyl (C=O) groups is 1. The Hall–Kier alpha value is -1.72. The molecule has 2 N–H and O–H groups in total. The number of methoxy groups -OCH3 is 1. The molecule has 0 saturated heterocycles. The number of hydrogen-bond donors (Lipinski definition) is 2. The third kappa shape index (κ3) is 3.88. The van der Waals surface area contributed by atoms with E-state index in [2.05, 4.69) is 26.6 Å². The minimum atomic E-state index is -0.354. The zero-order valence-electron chi connectivity index (χ0n) is 10.6. The van der Waals surface area contributed by atoms with Crippen molar-refractivity contribution in [3.05, 3.63) is 52.0 Å². The first-order valence-corrected chi connectivity index (χ1v) is 6.92. The molecule has 0 fully saturated rings. The van der Waals surface area contributed by atoms with Crippen molar-refractivity contribution in [1.29, 1.82) is 0 Å². The van der Waals surface area contributed by atoms with Crippen molar-refractivity contribution in [1.82, 2.24) is 0 Å². The number of amides is 2. The van der Waals surface area contributed by atoms with Crippen molar-refractivity contribution < 1.29 is 9.53 Å². The second-order valence-electron chi connectivity index (χ2n) is 3.93. The first-order valence-electron chi connectivity index (χ1n) is 5.75. The Morgan fingerprint density at radius 2 is 1.85 bits per heavy atom. The lowest BCUT2D eigenvalue weighted by atomic mass is 10.3. The molecule has 0 aliphatic carbocycles. The minimum absolute atomic E-state index is 0.354. The van der Waals surface area contributed by atoms with Gasteiger partial charge in [-0.15, -0.1) is 0 Å². The lowest BCUT2D eigenvalue weighted by Gasteiger charge is -2.11. The van der Waals surface area contributed by atoms with E-state index in [-0.39, 0.29) is 6.03 Å². The summed E-state index contributed by atoms with van der Waals surface area (Å²) in [5.74, 6) is 0.575. The van der Waals surface area contributed by atoms with Crippen LogP contribution in [0, 0.1) is 0 Å². The van der Waals surface area contributed by atoms with Gasteiger partial charge in [-0.2, -0.15) is 0 Å². The van der Waals surface area contributed by atoms with Crippen LogP contribution in [0.4, 0.5) is 16.2 Å². The van der Waals surface area contributed by atoms with Gasteiger partial charge in [-0.3, -0.25) is 0 Å². The van der Waals surface area contributed by atoms with Crippen LogP contribution in [0.15, 0.2) is 46.9 Å². The second kappa shape index (κ2) is 6.63. The predicted octanol–water partition coefficient (Wildman–Crippen LogP) is 4.76. The van der Waals surface area contributed by atoms with E-state index in [1.807, 2.05) is 6.07 Å². The largest absolute Gasteiger partial charge is 0.495 e. The van der Waals surface area contributed by atoms with Crippen LogP contribution in [-0.4, -0.2) is 13.1 Å². The summed E-state index contributed by atoms with van der Waals surface area (Å²) in [4.78, 5) is 11.9. The number of benzene rings is 2. The Labute approximate surface area is 130 Å². The third-order valence-corrected chi connectivity index (χ3v) is 3.26. The molecule has 0 atom stereocenters. The maximum absolute atomic E-state index is 11.9. The van der Waals surface area contributed by atoms with Crippen molar-refractivity contribution in [2.75, 3.05) is 17.7 Å². The fourth-order valence-electron chi connectivity index (χ4n) is 1.59. The maximum Gasteiger partial charge on any atom is 0.323 e. The van der Waals surface area contributed by atoms with E-state index in [0.717, 1.165) is 4.47 Å². The van der Waals surface area contributed by atoms with Crippen LogP contribution in [0.1, 0.15) is 0 Å². The van der Waals surface area contributed by atoms with Crippen LogP contribution >= 0.6 is 27.5 Å². The number of ether oxygens (including phenoxy) is 1. The standard InChI is InChI=1S/C14H12BrClN2O2/c1-20-13-8-9(15)2-7-12(13)18-14(19)17-11-5-3-10(16)4-6-11/h2-8H,1H3,(H2,17,18,19). The Morgan fingerprint density at radius 3 is 2.50 bits per heavy atom. The van der Waals surface area contributed by atoms with E-state index in [9.17, 15) is 4.79 Å². The molecule has 0 radical (unpaired) electrons. The zero-order valence-corrected chi connectivity index (χ0v) is 13.0. The molecule has 0 heterocycles. The quantitative estimate of drug-likeness (QED) is 0.834. The van der Waals surface area contributed by atoms with Crippen LogP contribution in [0.2, 0.25) is 5.02 Å². The molecule has 2 aromatic carbocycles. The van der Waals surface area contributed by atoms with Crippen LogP contribution < -0.4 is 15.4 Å². The highest BCUT2D eigenvalue weighted by Crippen LogP contribution is 2.28. The van der Waals surface area contributed by atoms with Crippen molar-refractivity contribution in [2.45, 2.75) is 0 Å². The summed E-state index contributed by atoms with van der Waals surface area (Å²) >= 11 is 9.13. The average Bonchev–Trinajstić information content (AvgIpc) is 2.43. The highest BCUT2D eigenvalue weighted by atomic mass is 79.9. The van der Waals surface area contributed by atoms with E-state index in [0.29, 0.717) is 22.1 Å².